The fraction of sp³-hybridized carbons (Fsp3) is 0.647. The van der Waals surface area contributed by atoms with Gasteiger partial charge in [0, 0.05) is 22.9 Å². The van der Waals surface area contributed by atoms with Gasteiger partial charge in [-0.3, -0.25) is 0 Å². The van der Waals surface area contributed by atoms with Gasteiger partial charge in [0.15, 0.2) is 0 Å². The highest BCUT2D eigenvalue weighted by Gasteiger charge is 2.30. The van der Waals surface area contributed by atoms with E-state index in [1.165, 1.54) is 74.9 Å². The molecule has 1 aromatic carbocycles. The Morgan fingerprint density at radius 2 is 1.75 bits per heavy atom. The summed E-state index contributed by atoms with van der Waals surface area (Å²) in [6.45, 7) is 6.79. The normalized spacial score (nSPS) is 28.4. The number of quaternary nitrogens is 2. The Balaban J connectivity index is 1.48. The molecule has 2 heterocycles. The fourth-order valence-electron chi connectivity index (χ4n) is 3.96. The van der Waals surface area contributed by atoms with Crippen molar-refractivity contribution in [3.05, 3.63) is 34.3 Å². The maximum absolute atomic E-state index is 3.58. The molecule has 2 aliphatic heterocycles. The molecular formula is C17H27BrN2+2. The van der Waals surface area contributed by atoms with Crippen molar-refractivity contribution in [2.24, 2.45) is 0 Å². The van der Waals surface area contributed by atoms with Crippen molar-refractivity contribution >= 4 is 15.9 Å². The molecule has 0 bridgehead atoms. The van der Waals surface area contributed by atoms with E-state index in [1.807, 2.05) is 4.90 Å². The first-order chi connectivity index (χ1) is 9.81. The van der Waals surface area contributed by atoms with Crippen LogP contribution < -0.4 is 9.80 Å². The van der Waals surface area contributed by atoms with E-state index in [2.05, 4.69) is 40.2 Å². The van der Waals surface area contributed by atoms with Gasteiger partial charge in [-0.05, 0) is 31.4 Å². The Hall–Kier alpha value is -0.380. The second kappa shape index (κ2) is 7.06. The van der Waals surface area contributed by atoms with Crippen molar-refractivity contribution in [3.63, 3.8) is 0 Å². The summed E-state index contributed by atoms with van der Waals surface area (Å²) in [4.78, 5) is 3.69. The molecule has 20 heavy (non-hydrogen) atoms. The van der Waals surface area contributed by atoms with Crippen LogP contribution in [0.4, 0.5) is 0 Å². The van der Waals surface area contributed by atoms with E-state index in [1.54, 1.807) is 4.90 Å². The number of nitrogens with one attached hydrogen (secondary N) is 2. The highest BCUT2D eigenvalue weighted by molar-refractivity contribution is 9.10. The number of benzene rings is 1. The van der Waals surface area contributed by atoms with Gasteiger partial charge in [0.1, 0.15) is 6.54 Å². The van der Waals surface area contributed by atoms with Crippen molar-refractivity contribution < 1.29 is 9.80 Å². The molecule has 0 aromatic heterocycles. The Morgan fingerprint density at radius 1 is 1.00 bits per heavy atom. The van der Waals surface area contributed by atoms with Gasteiger partial charge in [0.25, 0.3) is 0 Å². The van der Waals surface area contributed by atoms with Crippen LogP contribution in [-0.2, 0) is 6.54 Å². The quantitative estimate of drug-likeness (QED) is 0.815. The maximum Gasteiger partial charge on any atom is 0.103 e. The maximum atomic E-state index is 3.58. The van der Waals surface area contributed by atoms with Crippen molar-refractivity contribution in [1.82, 2.24) is 0 Å². The summed E-state index contributed by atoms with van der Waals surface area (Å²) in [5.74, 6) is 0. The van der Waals surface area contributed by atoms with Crippen LogP contribution in [0.1, 0.15) is 37.7 Å². The van der Waals surface area contributed by atoms with E-state index in [4.69, 9.17) is 0 Å². The van der Waals surface area contributed by atoms with Crippen molar-refractivity contribution in [2.75, 3.05) is 26.2 Å². The highest BCUT2D eigenvalue weighted by atomic mass is 79.9. The van der Waals surface area contributed by atoms with E-state index < -0.39 is 0 Å². The van der Waals surface area contributed by atoms with Crippen LogP contribution in [0.2, 0.25) is 0 Å². The summed E-state index contributed by atoms with van der Waals surface area (Å²) in [6, 6.07) is 9.77. The molecule has 0 saturated carbocycles. The topological polar surface area (TPSA) is 8.88 Å². The van der Waals surface area contributed by atoms with Gasteiger partial charge in [0.05, 0.1) is 32.2 Å². The Morgan fingerprint density at radius 3 is 2.45 bits per heavy atom. The monoisotopic (exact) mass is 338 g/mol. The van der Waals surface area contributed by atoms with E-state index in [-0.39, 0.29) is 0 Å². The standard InChI is InChI=1S/C17H25BrN2/c18-16-6-4-5-15(13-16)14-19-11-7-17(8-12-19)20-9-2-1-3-10-20/h4-6,13,17H,1-3,7-12,14H2/p+2. The molecule has 1 aromatic rings. The number of rotatable bonds is 3. The molecule has 0 radical (unpaired) electrons. The molecule has 0 spiro atoms. The van der Waals surface area contributed by atoms with Crippen LogP contribution in [0.5, 0.6) is 0 Å². The van der Waals surface area contributed by atoms with Crippen LogP contribution in [0, 0.1) is 0 Å². The van der Waals surface area contributed by atoms with Gasteiger partial charge in [-0.1, -0.05) is 28.1 Å². The predicted molar refractivity (Wildman–Crippen MR) is 86.1 cm³/mol. The lowest BCUT2D eigenvalue weighted by atomic mass is 9.99. The van der Waals surface area contributed by atoms with Crippen LogP contribution >= 0.6 is 15.9 Å². The van der Waals surface area contributed by atoms with Crippen molar-refractivity contribution in [1.29, 1.82) is 0 Å². The first kappa shape index (κ1) is 14.6. The largest absolute Gasteiger partial charge is 0.332 e. The van der Waals surface area contributed by atoms with Crippen molar-refractivity contribution in [2.45, 2.75) is 44.7 Å². The van der Waals surface area contributed by atoms with Crippen LogP contribution in [0.15, 0.2) is 28.7 Å². The van der Waals surface area contributed by atoms with Crippen LogP contribution in [0.3, 0.4) is 0 Å². The van der Waals surface area contributed by atoms with Gasteiger partial charge in [-0.2, -0.15) is 0 Å². The minimum Gasteiger partial charge on any atom is -0.332 e. The van der Waals surface area contributed by atoms with Gasteiger partial charge in [-0.25, -0.2) is 0 Å². The molecule has 2 fully saturated rings. The van der Waals surface area contributed by atoms with Gasteiger partial charge < -0.3 is 9.80 Å². The third-order valence-electron chi connectivity index (χ3n) is 5.11. The summed E-state index contributed by atoms with van der Waals surface area (Å²) in [5.41, 5.74) is 1.47. The van der Waals surface area contributed by atoms with Gasteiger partial charge >= 0.3 is 0 Å². The zero-order valence-corrected chi connectivity index (χ0v) is 13.9. The minimum absolute atomic E-state index is 0.960. The van der Waals surface area contributed by atoms with Gasteiger partial charge in [-0.15, -0.1) is 0 Å². The van der Waals surface area contributed by atoms with Gasteiger partial charge in [0.2, 0.25) is 0 Å². The lowest BCUT2D eigenvalue weighted by Gasteiger charge is -2.36. The van der Waals surface area contributed by atoms with E-state index in [0.717, 1.165) is 6.04 Å². The molecule has 2 saturated heterocycles. The minimum atomic E-state index is 0.960. The number of halogens is 1. The summed E-state index contributed by atoms with van der Waals surface area (Å²) in [7, 11) is 0. The Bertz CT molecular complexity index is 421. The molecule has 2 nitrogen and oxygen atoms in total. The summed E-state index contributed by atoms with van der Waals surface area (Å²) in [5, 5.41) is 0. The van der Waals surface area contributed by atoms with Crippen LogP contribution in [-0.4, -0.2) is 32.2 Å². The Kier molecular flexibility index (Phi) is 5.14. The van der Waals surface area contributed by atoms with E-state index >= 15 is 0 Å². The molecule has 110 valence electrons. The van der Waals surface area contributed by atoms with E-state index in [9.17, 15) is 0 Å². The zero-order valence-electron chi connectivity index (χ0n) is 12.3. The second-order valence-electron chi connectivity index (χ2n) is 6.55. The lowest BCUT2D eigenvalue weighted by molar-refractivity contribution is -0.965. The van der Waals surface area contributed by atoms with E-state index in [0.29, 0.717) is 0 Å². The lowest BCUT2D eigenvalue weighted by Crippen LogP contribution is -3.20. The average molecular weight is 339 g/mol. The summed E-state index contributed by atoms with van der Waals surface area (Å²) >= 11 is 3.58. The third kappa shape index (κ3) is 3.84. The molecule has 0 aliphatic carbocycles. The van der Waals surface area contributed by atoms with Crippen molar-refractivity contribution in [3.8, 4) is 0 Å². The first-order valence-corrected chi connectivity index (χ1v) is 9.03. The second-order valence-corrected chi connectivity index (χ2v) is 7.47. The van der Waals surface area contributed by atoms with Crippen LogP contribution in [0.25, 0.3) is 0 Å². The molecule has 2 N–H and O–H groups in total. The SMILES string of the molecule is Brc1cccc(C[NH+]2CCC([NH+]3CCCCC3)CC2)c1. The molecule has 0 atom stereocenters. The molecule has 2 aliphatic rings. The summed E-state index contributed by atoms with van der Waals surface area (Å²) in [6.07, 6.45) is 7.24. The predicted octanol–water partition coefficient (Wildman–Crippen LogP) is 1.07. The molecule has 0 amide bonds. The number of piperidine rings is 2. The molecule has 3 rings (SSSR count). The fourth-order valence-corrected chi connectivity index (χ4v) is 4.41. The number of hydrogen-bond donors (Lipinski definition) is 2. The third-order valence-corrected chi connectivity index (χ3v) is 5.60. The Labute approximate surface area is 131 Å². The smallest absolute Gasteiger partial charge is 0.103 e. The first-order valence-electron chi connectivity index (χ1n) is 8.24. The number of hydrogen-bond acceptors (Lipinski definition) is 0. The molecule has 0 unspecified atom stereocenters. The average Bonchev–Trinajstić information content (AvgIpc) is 2.49. The molecule has 3 heteroatoms. The zero-order chi connectivity index (χ0) is 13.8. The molecular weight excluding hydrogens is 312 g/mol. The number of likely N-dealkylation sites (tertiary alicyclic amines) is 2. The summed E-state index contributed by atoms with van der Waals surface area (Å²) < 4.78 is 1.21. The highest BCUT2D eigenvalue weighted by Crippen LogP contribution is 2.11.